The molecule has 1 aliphatic rings. The van der Waals surface area contributed by atoms with Crippen molar-refractivity contribution in [3.8, 4) is 0 Å². The number of aromatic nitrogens is 4. The van der Waals surface area contributed by atoms with Crippen LogP contribution in [0.1, 0.15) is 30.1 Å². The molecule has 2 aromatic heterocycles. The Hall–Kier alpha value is -3.49. The molecule has 1 aliphatic heterocycles. The minimum atomic E-state index is -0.464. The summed E-state index contributed by atoms with van der Waals surface area (Å²) in [6, 6.07) is 8.67. The smallest absolute Gasteiger partial charge is 0.252 e. The largest absolute Gasteiger partial charge is 0.347 e. The molecule has 0 spiro atoms. The third kappa shape index (κ3) is 4.91. The van der Waals surface area contributed by atoms with Gasteiger partial charge < -0.3 is 10.2 Å². The van der Waals surface area contributed by atoms with Gasteiger partial charge in [0.05, 0.1) is 11.7 Å². The lowest BCUT2D eigenvalue weighted by atomic mass is 10.0. The van der Waals surface area contributed by atoms with E-state index in [2.05, 4.69) is 20.4 Å². The van der Waals surface area contributed by atoms with E-state index in [1.807, 2.05) is 4.90 Å². The molecule has 3 heterocycles. The van der Waals surface area contributed by atoms with Gasteiger partial charge in [0.1, 0.15) is 12.4 Å². The molecule has 1 fully saturated rings. The van der Waals surface area contributed by atoms with E-state index in [0.29, 0.717) is 18.1 Å². The molecular weight excluding hydrogens is 387 g/mol. The topological polar surface area (TPSA) is 95.9 Å². The van der Waals surface area contributed by atoms with Crippen LogP contribution in [0.15, 0.2) is 53.6 Å². The second-order valence-electron chi connectivity index (χ2n) is 7.33. The minimum Gasteiger partial charge on any atom is -0.347 e. The number of carbonyl (C=O) groups is 1. The predicted molar refractivity (Wildman–Crippen MR) is 110 cm³/mol. The maximum absolute atomic E-state index is 13.4. The van der Waals surface area contributed by atoms with E-state index in [0.717, 1.165) is 31.5 Å². The third-order valence-corrected chi connectivity index (χ3v) is 5.07. The molecule has 2 N–H and O–H groups in total. The molecule has 9 heteroatoms. The molecule has 4 rings (SSSR count). The molecule has 0 bridgehead atoms. The molecule has 1 amide bonds. The van der Waals surface area contributed by atoms with E-state index in [4.69, 9.17) is 0 Å². The lowest BCUT2D eigenvalue weighted by Gasteiger charge is -2.21. The number of H-pyrrole nitrogens is 1. The zero-order valence-corrected chi connectivity index (χ0v) is 16.4. The number of amides is 1. The van der Waals surface area contributed by atoms with Gasteiger partial charge in [0.2, 0.25) is 11.9 Å². The molecule has 1 aromatic carbocycles. The SMILES string of the molecule is O=C(Cn1cccn1)N[C@@H](Cc1cc(=O)[nH]c(N2CCCC2)n1)c1ccc(F)cc1. The fourth-order valence-electron chi connectivity index (χ4n) is 3.61. The van der Waals surface area contributed by atoms with Gasteiger partial charge in [-0.15, -0.1) is 0 Å². The summed E-state index contributed by atoms with van der Waals surface area (Å²) in [7, 11) is 0. The second kappa shape index (κ2) is 8.89. The molecule has 156 valence electrons. The van der Waals surface area contributed by atoms with Crippen LogP contribution in [-0.2, 0) is 17.8 Å². The molecule has 30 heavy (non-hydrogen) atoms. The first kappa shape index (κ1) is 19.8. The van der Waals surface area contributed by atoms with Crippen LogP contribution in [0.3, 0.4) is 0 Å². The maximum atomic E-state index is 13.4. The minimum absolute atomic E-state index is 0.0620. The van der Waals surface area contributed by atoms with Gasteiger partial charge in [0, 0.05) is 38.0 Å². The molecule has 0 saturated carbocycles. The summed E-state index contributed by atoms with van der Waals surface area (Å²) in [5, 5.41) is 7.00. The standard InChI is InChI=1S/C21H23FN6O2/c22-16-6-4-15(5-7-16)18(25-20(30)14-28-11-3-8-23-28)12-17-13-19(29)26-21(24-17)27-9-1-2-10-27/h3-8,11,13,18H,1-2,9-10,12,14H2,(H,25,30)(H,24,26,29)/t18-/m0/s1. The number of hydrogen-bond acceptors (Lipinski definition) is 5. The number of rotatable bonds is 7. The Morgan fingerprint density at radius 3 is 2.70 bits per heavy atom. The van der Waals surface area contributed by atoms with Crippen molar-refractivity contribution in [3.63, 3.8) is 0 Å². The monoisotopic (exact) mass is 410 g/mol. The number of hydrogen-bond donors (Lipinski definition) is 2. The highest BCUT2D eigenvalue weighted by Crippen LogP contribution is 2.20. The molecule has 1 atom stereocenters. The molecule has 0 aliphatic carbocycles. The van der Waals surface area contributed by atoms with Crippen LogP contribution in [-0.4, -0.2) is 38.7 Å². The van der Waals surface area contributed by atoms with E-state index >= 15 is 0 Å². The van der Waals surface area contributed by atoms with Crippen molar-refractivity contribution in [2.75, 3.05) is 18.0 Å². The summed E-state index contributed by atoms with van der Waals surface area (Å²) in [6.45, 7) is 1.77. The van der Waals surface area contributed by atoms with Crippen LogP contribution < -0.4 is 15.8 Å². The zero-order chi connectivity index (χ0) is 20.9. The first-order valence-electron chi connectivity index (χ1n) is 9.94. The van der Waals surface area contributed by atoms with Gasteiger partial charge in [-0.2, -0.15) is 5.10 Å². The molecule has 8 nitrogen and oxygen atoms in total. The van der Waals surface area contributed by atoms with E-state index in [1.165, 1.54) is 22.9 Å². The van der Waals surface area contributed by atoms with Gasteiger partial charge in [-0.25, -0.2) is 9.37 Å². The lowest BCUT2D eigenvalue weighted by Crippen LogP contribution is -2.33. The number of nitrogens with one attached hydrogen (secondary N) is 2. The van der Waals surface area contributed by atoms with Crippen molar-refractivity contribution in [1.29, 1.82) is 0 Å². The highest BCUT2D eigenvalue weighted by atomic mass is 19.1. The van der Waals surface area contributed by atoms with Crippen molar-refractivity contribution >= 4 is 11.9 Å². The van der Waals surface area contributed by atoms with Crippen molar-refractivity contribution in [1.82, 2.24) is 25.1 Å². The van der Waals surface area contributed by atoms with Gasteiger partial charge in [-0.05, 0) is 36.6 Å². The summed E-state index contributed by atoms with van der Waals surface area (Å²) in [6.07, 6.45) is 5.74. The second-order valence-corrected chi connectivity index (χ2v) is 7.33. The quantitative estimate of drug-likeness (QED) is 0.619. The van der Waals surface area contributed by atoms with Gasteiger partial charge in [-0.3, -0.25) is 19.3 Å². The fraction of sp³-hybridized carbons (Fsp3) is 0.333. The number of aromatic amines is 1. The Morgan fingerprint density at radius 1 is 1.23 bits per heavy atom. The predicted octanol–water partition coefficient (Wildman–Crippen LogP) is 1.81. The Morgan fingerprint density at radius 2 is 2.00 bits per heavy atom. The molecule has 1 saturated heterocycles. The first-order chi connectivity index (χ1) is 14.6. The third-order valence-electron chi connectivity index (χ3n) is 5.07. The molecular formula is C21H23FN6O2. The van der Waals surface area contributed by atoms with E-state index in [1.54, 1.807) is 30.6 Å². The van der Waals surface area contributed by atoms with Gasteiger partial charge in [0.15, 0.2) is 0 Å². The molecule has 0 unspecified atom stereocenters. The van der Waals surface area contributed by atoms with Crippen molar-refractivity contribution in [2.24, 2.45) is 0 Å². The van der Waals surface area contributed by atoms with Gasteiger partial charge in [0.25, 0.3) is 5.56 Å². The Kier molecular flexibility index (Phi) is 5.87. The molecule has 0 radical (unpaired) electrons. The number of nitrogens with zero attached hydrogens (tertiary/aromatic N) is 4. The average Bonchev–Trinajstić information content (AvgIpc) is 3.42. The summed E-state index contributed by atoms with van der Waals surface area (Å²) in [4.78, 5) is 34.2. The summed E-state index contributed by atoms with van der Waals surface area (Å²) in [5.74, 6) is -0.0423. The summed E-state index contributed by atoms with van der Waals surface area (Å²) in [5.41, 5.74) is 1.06. The Balaban J connectivity index is 1.57. The van der Waals surface area contributed by atoms with Gasteiger partial charge in [-0.1, -0.05) is 12.1 Å². The Bertz CT molecular complexity index is 1040. The first-order valence-corrected chi connectivity index (χ1v) is 9.94. The van der Waals surface area contributed by atoms with Crippen LogP contribution in [0.2, 0.25) is 0 Å². The maximum Gasteiger partial charge on any atom is 0.252 e. The van der Waals surface area contributed by atoms with Gasteiger partial charge >= 0.3 is 0 Å². The summed E-state index contributed by atoms with van der Waals surface area (Å²) >= 11 is 0. The number of carbonyl (C=O) groups excluding carboxylic acids is 1. The van der Waals surface area contributed by atoms with Crippen LogP contribution in [0, 0.1) is 5.82 Å². The lowest BCUT2D eigenvalue weighted by molar-refractivity contribution is -0.122. The van der Waals surface area contributed by atoms with Crippen LogP contribution >= 0.6 is 0 Å². The molecule has 3 aromatic rings. The van der Waals surface area contributed by atoms with E-state index < -0.39 is 6.04 Å². The Labute approximate surface area is 172 Å². The van der Waals surface area contributed by atoms with Crippen LogP contribution in [0.4, 0.5) is 10.3 Å². The van der Waals surface area contributed by atoms with E-state index in [9.17, 15) is 14.0 Å². The summed E-state index contributed by atoms with van der Waals surface area (Å²) < 4.78 is 14.9. The zero-order valence-electron chi connectivity index (χ0n) is 16.4. The van der Waals surface area contributed by atoms with Crippen LogP contribution in [0.25, 0.3) is 0 Å². The highest BCUT2D eigenvalue weighted by molar-refractivity contribution is 5.76. The van der Waals surface area contributed by atoms with Crippen molar-refractivity contribution in [3.05, 3.63) is 76.2 Å². The van der Waals surface area contributed by atoms with Crippen molar-refractivity contribution < 1.29 is 9.18 Å². The van der Waals surface area contributed by atoms with Crippen molar-refractivity contribution in [2.45, 2.75) is 31.8 Å². The average molecular weight is 410 g/mol. The fourth-order valence-corrected chi connectivity index (χ4v) is 3.61. The highest BCUT2D eigenvalue weighted by Gasteiger charge is 2.20. The normalized spacial score (nSPS) is 14.6. The van der Waals surface area contributed by atoms with Crippen LogP contribution in [0.5, 0.6) is 0 Å². The number of anilines is 1. The van der Waals surface area contributed by atoms with E-state index in [-0.39, 0.29) is 23.8 Å². The number of benzene rings is 1. The number of halogens is 1.